The van der Waals surface area contributed by atoms with Gasteiger partial charge in [0, 0.05) is 5.69 Å². The second-order valence-corrected chi connectivity index (χ2v) is 2.95. The first-order chi connectivity index (χ1) is 7.21. The van der Waals surface area contributed by atoms with E-state index in [4.69, 9.17) is 5.26 Å². The van der Waals surface area contributed by atoms with Crippen LogP contribution in [0.4, 0.5) is 10.5 Å². The second kappa shape index (κ2) is 5.01. The SMILES string of the molecule is CCc1cc(C#N)ccc1NC(=O)OC. The molecule has 0 bridgehead atoms. The zero-order valence-electron chi connectivity index (χ0n) is 8.70. The van der Waals surface area contributed by atoms with Crippen molar-refractivity contribution in [3.05, 3.63) is 29.3 Å². The average Bonchev–Trinajstić information content (AvgIpc) is 2.29. The van der Waals surface area contributed by atoms with Crippen molar-refractivity contribution < 1.29 is 9.53 Å². The molecule has 0 saturated carbocycles. The van der Waals surface area contributed by atoms with Gasteiger partial charge < -0.3 is 4.74 Å². The highest BCUT2D eigenvalue weighted by Crippen LogP contribution is 2.18. The van der Waals surface area contributed by atoms with Gasteiger partial charge in [0.2, 0.25) is 0 Å². The Morgan fingerprint density at radius 1 is 1.60 bits per heavy atom. The van der Waals surface area contributed by atoms with E-state index in [0.29, 0.717) is 11.3 Å². The first kappa shape index (κ1) is 11.1. The number of nitriles is 1. The van der Waals surface area contributed by atoms with Crippen LogP contribution in [0.2, 0.25) is 0 Å². The third kappa shape index (κ3) is 2.71. The predicted octanol–water partition coefficient (Wildman–Crippen LogP) is 2.30. The number of nitrogens with zero attached hydrogens (tertiary/aromatic N) is 1. The Kier molecular flexibility index (Phi) is 3.69. The fraction of sp³-hybridized carbons (Fsp3) is 0.273. The second-order valence-electron chi connectivity index (χ2n) is 2.95. The van der Waals surface area contributed by atoms with Gasteiger partial charge in [0.1, 0.15) is 0 Å². The lowest BCUT2D eigenvalue weighted by Crippen LogP contribution is -2.12. The van der Waals surface area contributed by atoms with Crippen molar-refractivity contribution in [3.8, 4) is 6.07 Å². The number of benzene rings is 1. The van der Waals surface area contributed by atoms with Crippen LogP contribution >= 0.6 is 0 Å². The Balaban J connectivity index is 2.98. The Hall–Kier alpha value is -2.02. The van der Waals surface area contributed by atoms with Crippen LogP contribution < -0.4 is 5.32 Å². The van der Waals surface area contributed by atoms with Gasteiger partial charge in [-0.25, -0.2) is 4.79 Å². The summed E-state index contributed by atoms with van der Waals surface area (Å²) >= 11 is 0. The zero-order chi connectivity index (χ0) is 11.3. The van der Waals surface area contributed by atoms with E-state index >= 15 is 0 Å². The molecule has 1 aromatic carbocycles. The fourth-order valence-electron chi connectivity index (χ4n) is 1.24. The van der Waals surface area contributed by atoms with E-state index < -0.39 is 6.09 Å². The largest absolute Gasteiger partial charge is 0.453 e. The van der Waals surface area contributed by atoms with Gasteiger partial charge in [-0.05, 0) is 30.2 Å². The maximum Gasteiger partial charge on any atom is 0.411 e. The summed E-state index contributed by atoms with van der Waals surface area (Å²) in [6.45, 7) is 1.96. The molecule has 1 aromatic rings. The van der Waals surface area contributed by atoms with Gasteiger partial charge in [-0.15, -0.1) is 0 Å². The van der Waals surface area contributed by atoms with E-state index in [1.165, 1.54) is 7.11 Å². The molecule has 0 aliphatic heterocycles. The monoisotopic (exact) mass is 204 g/mol. The lowest BCUT2D eigenvalue weighted by molar-refractivity contribution is 0.187. The maximum atomic E-state index is 11.0. The third-order valence-corrected chi connectivity index (χ3v) is 2.04. The lowest BCUT2D eigenvalue weighted by Gasteiger charge is -2.08. The van der Waals surface area contributed by atoms with Gasteiger partial charge in [-0.3, -0.25) is 5.32 Å². The maximum absolute atomic E-state index is 11.0. The minimum atomic E-state index is -0.505. The van der Waals surface area contributed by atoms with E-state index in [2.05, 4.69) is 16.1 Å². The molecular weight excluding hydrogens is 192 g/mol. The number of ether oxygens (including phenoxy) is 1. The quantitative estimate of drug-likeness (QED) is 0.803. The Morgan fingerprint density at radius 3 is 2.87 bits per heavy atom. The molecule has 0 fully saturated rings. The molecule has 15 heavy (non-hydrogen) atoms. The number of hydrogen-bond acceptors (Lipinski definition) is 3. The molecule has 0 aromatic heterocycles. The van der Waals surface area contributed by atoms with Crippen molar-refractivity contribution in [1.82, 2.24) is 0 Å². The van der Waals surface area contributed by atoms with Crippen molar-refractivity contribution in [2.45, 2.75) is 13.3 Å². The minimum Gasteiger partial charge on any atom is -0.453 e. The van der Waals surface area contributed by atoms with Gasteiger partial charge in [-0.2, -0.15) is 5.26 Å². The lowest BCUT2D eigenvalue weighted by atomic mass is 10.1. The number of anilines is 1. The van der Waals surface area contributed by atoms with E-state index in [9.17, 15) is 4.79 Å². The summed E-state index contributed by atoms with van der Waals surface area (Å²) in [7, 11) is 1.31. The number of carbonyl (C=O) groups excluding carboxylic acids is 1. The average molecular weight is 204 g/mol. The molecule has 0 saturated heterocycles. The summed E-state index contributed by atoms with van der Waals surface area (Å²) in [5.41, 5.74) is 2.19. The van der Waals surface area contributed by atoms with E-state index in [0.717, 1.165) is 12.0 Å². The molecule has 0 unspecified atom stereocenters. The van der Waals surface area contributed by atoms with Gasteiger partial charge in [0.25, 0.3) is 0 Å². The normalized spacial score (nSPS) is 9.13. The zero-order valence-corrected chi connectivity index (χ0v) is 8.70. The van der Waals surface area contributed by atoms with Crippen LogP contribution in [0.3, 0.4) is 0 Å². The smallest absolute Gasteiger partial charge is 0.411 e. The summed E-state index contributed by atoms with van der Waals surface area (Å²) in [6.07, 6.45) is 0.240. The van der Waals surface area contributed by atoms with Crippen LogP contribution in [0, 0.1) is 11.3 Å². The molecule has 1 amide bonds. The molecule has 0 heterocycles. The number of methoxy groups -OCH3 is 1. The molecule has 0 spiro atoms. The minimum absolute atomic E-state index is 0.505. The van der Waals surface area contributed by atoms with Crippen molar-refractivity contribution >= 4 is 11.8 Å². The standard InChI is InChI=1S/C11H12N2O2/c1-3-9-6-8(7-12)4-5-10(9)13-11(14)15-2/h4-6H,3H2,1-2H3,(H,13,14). The highest BCUT2D eigenvalue weighted by atomic mass is 16.5. The van der Waals surface area contributed by atoms with Gasteiger partial charge in [-0.1, -0.05) is 6.92 Å². The number of aryl methyl sites for hydroxylation is 1. The first-order valence-corrected chi connectivity index (χ1v) is 4.59. The summed E-state index contributed by atoms with van der Waals surface area (Å²) in [4.78, 5) is 11.0. The van der Waals surface area contributed by atoms with Crippen molar-refractivity contribution in [1.29, 1.82) is 5.26 Å². The Morgan fingerprint density at radius 2 is 2.33 bits per heavy atom. The van der Waals surface area contributed by atoms with Crippen LogP contribution in [0.25, 0.3) is 0 Å². The summed E-state index contributed by atoms with van der Waals surface area (Å²) in [5, 5.41) is 11.3. The fourth-order valence-corrected chi connectivity index (χ4v) is 1.24. The number of rotatable bonds is 2. The molecule has 0 aliphatic carbocycles. The van der Waals surface area contributed by atoms with Crippen LogP contribution in [0.15, 0.2) is 18.2 Å². The van der Waals surface area contributed by atoms with Crippen molar-refractivity contribution in [2.24, 2.45) is 0 Å². The van der Waals surface area contributed by atoms with Crippen LogP contribution in [-0.2, 0) is 11.2 Å². The van der Waals surface area contributed by atoms with Gasteiger partial charge >= 0.3 is 6.09 Å². The van der Waals surface area contributed by atoms with Gasteiger partial charge in [0.05, 0.1) is 18.7 Å². The molecular formula is C11H12N2O2. The number of nitrogens with one attached hydrogen (secondary N) is 1. The molecule has 0 atom stereocenters. The number of hydrogen-bond donors (Lipinski definition) is 1. The summed E-state index contributed by atoms with van der Waals surface area (Å²) in [5.74, 6) is 0. The Labute approximate surface area is 88.5 Å². The molecule has 1 rings (SSSR count). The molecule has 0 radical (unpaired) electrons. The predicted molar refractivity (Wildman–Crippen MR) is 56.6 cm³/mol. The van der Waals surface area contributed by atoms with Crippen molar-refractivity contribution in [3.63, 3.8) is 0 Å². The first-order valence-electron chi connectivity index (χ1n) is 4.59. The van der Waals surface area contributed by atoms with Crippen LogP contribution in [-0.4, -0.2) is 13.2 Å². The van der Waals surface area contributed by atoms with E-state index in [1.54, 1.807) is 18.2 Å². The summed E-state index contributed by atoms with van der Waals surface area (Å²) in [6, 6.07) is 7.17. The third-order valence-electron chi connectivity index (χ3n) is 2.04. The van der Waals surface area contributed by atoms with Gasteiger partial charge in [0.15, 0.2) is 0 Å². The van der Waals surface area contributed by atoms with Crippen LogP contribution in [0.5, 0.6) is 0 Å². The van der Waals surface area contributed by atoms with Crippen LogP contribution in [0.1, 0.15) is 18.1 Å². The number of amides is 1. The van der Waals surface area contributed by atoms with Crippen molar-refractivity contribution in [2.75, 3.05) is 12.4 Å². The topological polar surface area (TPSA) is 62.1 Å². The molecule has 1 N–H and O–H groups in total. The molecule has 4 heteroatoms. The Bertz CT molecular complexity index is 408. The molecule has 0 aliphatic rings. The highest BCUT2D eigenvalue weighted by Gasteiger charge is 2.05. The van der Waals surface area contributed by atoms with E-state index in [-0.39, 0.29) is 0 Å². The van der Waals surface area contributed by atoms with E-state index in [1.807, 2.05) is 6.92 Å². The molecule has 78 valence electrons. The highest BCUT2D eigenvalue weighted by molar-refractivity contribution is 5.85. The number of carbonyl (C=O) groups is 1. The molecule has 4 nitrogen and oxygen atoms in total. The summed E-state index contributed by atoms with van der Waals surface area (Å²) < 4.78 is 4.50.